The van der Waals surface area contributed by atoms with Gasteiger partial charge < -0.3 is 10.1 Å². The van der Waals surface area contributed by atoms with Crippen molar-refractivity contribution < 1.29 is 4.74 Å². The van der Waals surface area contributed by atoms with Gasteiger partial charge in [-0.05, 0) is 31.9 Å². The summed E-state index contributed by atoms with van der Waals surface area (Å²) in [4.78, 5) is 15.4. The van der Waals surface area contributed by atoms with E-state index in [1.165, 1.54) is 17.8 Å². The van der Waals surface area contributed by atoms with E-state index in [4.69, 9.17) is 4.74 Å². The number of nitrogens with one attached hydrogen (secondary N) is 1. The molecular weight excluding hydrogens is 322 g/mol. The van der Waals surface area contributed by atoms with Crippen LogP contribution in [0.4, 0.5) is 5.95 Å². The van der Waals surface area contributed by atoms with Crippen molar-refractivity contribution in [3.05, 3.63) is 35.0 Å². The minimum atomic E-state index is 0.0272. The molecule has 1 spiro atoms. The molecule has 2 saturated heterocycles. The first-order valence-electron chi connectivity index (χ1n) is 8.57. The summed E-state index contributed by atoms with van der Waals surface area (Å²) in [6.07, 6.45) is 8.90. The van der Waals surface area contributed by atoms with Gasteiger partial charge in [0.1, 0.15) is 5.01 Å². The summed E-state index contributed by atoms with van der Waals surface area (Å²) in [6.45, 7) is 4.81. The molecule has 0 amide bonds. The monoisotopic (exact) mass is 345 g/mol. The fourth-order valence-corrected chi connectivity index (χ4v) is 4.49. The average Bonchev–Trinajstić information content (AvgIpc) is 3.25. The molecule has 2 atom stereocenters. The molecule has 0 radical (unpaired) electrons. The lowest BCUT2D eigenvalue weighted by Gasteiger charge is -2.39. The molecule has 0 aliphatic carbocycles. The Hall–Kier alpha value is -1.57. The minimum Gasteiger partial charge on any atom is -0.373 e. The molecule has 0 aromatic carbocycles. The molecule has 0 saturated carbocycles. The first-order chi connectivity index (χ1) is 11.8. The van der Waals surface area contributed by atoms with Crippen LogP contribution in [0, 0.1) is 5.92 Å². The van der Waals surface area contributed by atoms with Gasteiger partial charge in [-0.25, -0.2) is 15.0 Å². The SMILES string of the molecule is c1cnc(NCC2COC3(CCCN(Cc4nccs4)C3)C2)nc1. The van der Waals surface area contributed by atoms with Gasteiger partial charge in [-0.3, -0.25) is 4.90 Å². The number of hydrogen-bond acceptors (Lipinski definition) is 7. The van der Waals surface area contributed by atoms with Gasteiger partial charge in [-0.1, -0.05) is 0 Å². The predicted molar refractivity (Wildman–Crippen MR) is 93.9 cm³/mol. The van der Waals surface area contributed by atoms with Crippen molar-refractivity contribution in [3.8, 4) is 0 Å². The maximum Gasteiger partial charge on any atom is 0.222 e. The van der Waals surface area contributed by atoms with Gasteiger partial charge in [-0.15, -0.1) is 11.3 Å². The average molecular weight is 345 g/mol. The number of anilines is 1. The summed E-state index contributed by atoms with van der Waals surface area (Å²) in [5, 5.41) is 6.58. The highest BCUT2D eigenvalue weighted by Crippen LogP contribution is 2.37. The van der Waals surface area contributed by atoms with Gasteiger partial charge in [0, 0.05) is 43.0 Å². The zero-order valence-corrected chi connectivity index (χ0v) is 14.5. The van der Waals surface area contributed by atoms with Crippen molar-refractivity contribution in [3.63, 3.8) is 0 Å². The van der Waals surface area contributed by atoms with Crippen molar-refractivity contribution in [1.29, 1.82) is 0 Å². The second-order valence-electron chi connectivity index (χ2n) is 6.76. The van der Waals surface area contributed by atoms with E-state index in [1.807, 2.05) is 12.3 Å². The van der Waals surface area contributed by atoms with Crippen LogP contribution in [0.1, 0.15) is 24.3 Å². The fourth-order valence-electron chi connectivity index (χ4n) is 3.83. The second kappa shape index (κ2) is 7.13. The molecule has 2 fully saturated rings. The Balaban J connectivity index is 1.31. The largest absolute Gasteiger partial charge is 0.373 e. The zero-order valence-electron chi connectivity index (χ0n) is 13.7. The van der Waals surface area contributed by atoms with Gasteiger partial charge in [-0.2, -0.15) is 0 Å². The molecule has 6 nitrogen and oxygen atoms in total. The number of hydrogen-bond donors (Lipinski definition) is 1. The minimum absolute atomic E-state index is 0.0272. The molecule has 128 valence electrons. The molecule has 24 heavy (non-hydrogen) atoms. The molecule has 4 heterocycles. The van der Waals surface area contributed by atoms with Gasteiger partial charge in [0.05, 0.1) is 18.8 Å². The molecule has 2 aromatic rings. The maximum absolute atomic E-state index is 6.29. The molecule has 7 heteroatoms. The summed E-state index contributed by atoms with van der Waals surface area (Å²) in [5.74, 6) is 1.22. The summed E-state index contributed by atoms with van der Waals surface area (Å²) >= 11 is 1.74. The Morgan fingerprint density at radius 3 is 3.04 bits per heavy atom. The number of likely N-dealkylation sites (tertiary alicyclic amines) is 1. The first kappa shape index (κ1) is 15.9. The first-order valence-corrected chi connectivity index (χ1v) is 9.45. The highest BCUT2D eigenvalue weighted by atomic mass is 32.1. The molecular formula is C17H23N5OS. The molecule has 2 aliphatic heterocycles. The van der Waals surface area contributed by atoms with Crippen molar-refractivity contribution in [1.82, 2.24) is 19.9 Å². The standard InChI is InChI=1S/C17H23N5OS/c1-3-17(13-22(7-1)11-15-18-6-8-24-15)9-14(12-23-17)10-21-16-19-4-2-5-20-16/h2,4-6,8,14H,1,3,7,9-13H2,(H,19,20,21). The summed E-state index contributed by atoms with van der Waals surface area (Å²) in [7, 11) is 0. The second-order valence-corrected chi connectivity index (χ2v) is 7.74. The molecule has 0 bridgehead atoms. The van der Waals surface area contributed by atoms with Crippen molar-refractivity contribution >= 4 is 17.3 Å². The van der Waals surface area contributed by atoms with Crippen LogP contribution < -0.4 is 5.32 Å². The fraction of sp³-hybridized carbons (Fsp3) is 0.588. The summed E-state index contributed by atoms with van der Waals surface area (Å²) in [6, 6.07) is 1.83. The van der Waals surface area contributed by atoms with Crippen molar-refractivity contribution in [2.24, 2.45) is 5.92 Å². The van der Waals surface area contributed by atoms with Crippen LogP contribution in [0.2, 0.25) is 0 Å². The predicted octanol–water partition coefficient (Wildman–Crippen LogP) is 2.42. The normalized spacial score (nSPS) is 27.6. The van der Waals surface area contributed by atoms with Crippen LogP contribution in [0.3, 0.4) is 0 Å². The topological polar surface area (TPSA) is 63.2 Å². The number of thiazole rings is 1. The molecule has 2 unspecified atom stereocenters. The third kappa shape index (κ3) is 3.74. The maximum atomic E-state index is 6.29. The van der Waals surface area contributed by atoms with Crippen LogP contribution in [0.25, 0.3) is 0 Å². The Kier molecular flexibility index (Phi) is 4.73. The quantitative estimate of drug-likeness (QED) is 0.898. The Labute approximate surface area is 146 Å². The lowest BCUT2D eigenvalue weighted by molar-refractivity contribution is -0.0535. The van der Waals surface area contributed by atoms with E-state index >= 15 is 0 Å². The van der Waals surface area contributed by atoms with Gasteiger partial charge >= 0.3 is 0 Å². The zero-order chi connectivity index (χ0) is 16.2. The third-order valence-electron chi connectivity index (χ3n) is 4.86. The number of rotatable bonds is 5. The lowest BCUT2D eigenvalue weighted by atomic mass is 9.86. The van der Waals surface area contributed by atoms with Crippen molar-refractivity contribution in [2.45, 2.75) is 31.4 Å². The number of nitrogens with zero attached hydrogens (tertiary/aromatic N) is 4. The van der Waals surface area contributed by atoms with E-state index in [1.54, 1.807) is 23.7 Å². The van der Waals surface area contributed by atoms with Crippen LogP contribution >= 0.6 is 11.3 Å². The van der Waals surface area contributed by atoms with Gasteiger partial charge in [0.25, 0.3) is 0 Å². The van der Waals surface area contributed by atoms with Crippen LogP contribution in [0.5, 0.6) is 0 Å². The third-order valence-corrected chi connectivity index (χ3v) is 5.63. The van der Waals surface area contributed by atoms with Crippen LogP contribution in [-0.2, 0) is 11.3 Å². The number of piperidine rings is 1. The van der Waals surface area contributed by atoms with E-state index in [0.717, 1.165) is 39.2 Å². The highest BCUT2D eigenvalue weighted by molar-refractivity contribution is 7.09. The number of ether oxygens (including phenoxy) is 1. The van der Waals surface area contributed by atoms with E-state index < -0.39 is 0 Å². The number of aromatic nitrogens is 3. The van der Waals surface area contributed by atoms with E-state index in [9.17, 15) is 0 Å². The van der Waals surface area contributed by atoms with E-state index in [-0.39, 0.29) is 5.60 Å². The van der Waals surface area contributed by atoms with E-state index in [2.05, 4.69) is 30.5 Å². The Bertz CT molecular complexity index is 638. The van der Waals surface area contributed by atoms with Gasteiger partial charge in [0.15, 0.2) is 0 Å². The smallest absolute Gasteiger partial charge is 0.222 e. The Morgan fingerprint density at radius 2 is 2.21 bits per heavy atom. The van der Waals surface area contributed by atoms with E-state index in [0.29, 0.717) is 11.9 Å². The lowest BCUT2D eigenvalue weighted by Crippen LogP contribution is -2.47. The van der Waals surface area contributed by atoms with Crippen molar-refractivity contribution in [2.75, 3.05) is 31.6 Å². The Morgan fingerprint density at radius 1 is 1.29 bits per heavy atom. The molecule has 2 aliphatic rings. The molecule has 2 aromatic heterocycles. The highest BCUT2D eigenvalue weighted by Gasteiger charge is 2.43. The van der Waals surface area contributed by atoms with Crippen LogP contribution in [-0.4, -0.2) is 51.7 Å². The molecule has 1 N–H and O–H groups in total. The summed E-state index contributed by atoms with van der Waals surface area (Å²) in [5.41, 5.74) is 0.0272. The van der Waals surface area contributed by atoms with Crippen LogP contribution in [0.15, 0.2) is 30.0 Å². The van der Waals surface area contributed by atoms with Gasteiger partial charge in [0.2, 0.25) is 5.95 Å². The molecule has 4 rings (SSSR count). The summed E-state index contributed by atoms with van der Waals surface area (Å²) < 4.78 is 6.29.